The molecule has 9 atom stereocenters. The predicted octanol–water partition coefficient (Wildman–Crippen LogP) is 13.1. The summed E-state index contributed by atoms with van der Waals surface area (Å²) in [4.78, 5) is 12.8. The van der Waals surface area contributed by atoms with Gasteiger partial charge in [-0.1, -0.05) is 143 Å². The Labute approximate surface area is 280 Å². The van der Waals surface area contributed by atoms with Crippen LogP contribution in [0.5, 0.6) is 0 Å². The molecule has 0 N–H and O–H groups in total. The zero-order valence-electron chi connectivity index (χ0n) is 31.0. The number of allylic oxidation sites excluding steroid dienone is 4. The van der Waals surface area contributed by atoms with Crippen LogP contribution in [0.1, 0.15) is 183 Å². The molecule has 45 heavy (non-hydrogen) atoms. The average Bonchev–Trinajstić information content (AvgIpc) is 3.37. The molecule has 258 valence electrons. The molecule has 2 heteroatoms. The summed E-state index contributed by atoms with van der Waals surface area (Å²) in [6.07, 6.45) is 34.6. The fourth-order valence-corrected chi connectivity index (χ4v) is 10.5. The first-order valence-corrected chi connectivity index (χ1v) is 20.2. The molecule has 0 aromatic heterocycles. The van der Waals surface area contributed by atoms with Gasteiger partial charge in [-0.05, 0) is 110 Å². The first kappa shape index (κ1) is 36.8. The first-order valence-electron chi connectivity index (χ1n) is 20.2. The number of hydrogen-bond donors (Lipinski definition) is 0. The maximum absolute atomic E-state index is 12.8. The van der Waals surface area contributed by atoms with Gasteiger partial charge >= 0.3 is 5.97 Å². The SMILES string of the molecule is CCCCCCCCCCCCCCC(=O)OC1CCC2(C)C(CC=C3C2CCC2(C)C3CCC2C(C)C=CC(C)C(C)C)C1. The van der Waals surface area contributed by atoms with E-state index < -0.39 is 0 Å². The van der Waals surface area contributed by atoms with Gasteiger partial charge in [-0.3, -0.25) is 4.79 Å². The minimum Gasteiger partial charge on any atom is -0.462 e. The van der Waals surface area contributed by atoms with Crippen LogP contribution in [0, 0.1) is 52.3 Å². The largest absolute Gasteiger partial charge is 0.462 e. The Morgan fingerprint density at radius 1 is 0.800 bits per heavy atom. The van der Waals surface area contributed by atoms with Gasteiger partial charge < -0.3 is 4.74 Å². The molecule has 0 bridgehead atoms. The van der Waals surface area contributed by atoms with Gasteiger partial charge in [0.2, 0.25) is 0 Å². The van der Waals surface area contributed by atoms with E-state index in [1.54, 1.807) is 0 Å². The molecule has 4 rings (SSSR count). The third-order valence-electron chi connectivity index (χ3n) is 14.0. The Morgan fingerprint density at radius 3 is 2.04 bits per heavy atom. The highest BCUT2D eigenvalue weighted by molar-refractivity contribution is 5.69. The highest BCUT2D eigenvalue weighted by Gasteiger charge is 2.58. The summed E-state index contributed by atoms with van der Waals surface area (Å²) in [6, 6.07) is 0. The standard InChI is InChI=1S/C43H74O2/c1-8-9-10-11-12-13-14-15-16-17-18-19-20-41(44)45-36-27-29-42(6)35(31-36)23-24-37-39-26-25-38(43(39,7)30-28-40(37)42)34(5)22-21-33(4)32(2)3/h21-22,24,32-36,38-40H,8-20,23,25-31H2,1-7H3. The van der Waals surface area contributed by atoms with E-state index in [9.17, 15) is 4.79 Å². The summed E-state index contributed by atoms with van der Waals surface area (Å²) >= 11 is 0. The van der Waals surface area contributed by atoms with Crippen LogP contribution in [-0.2, 0) is 9.53 Å². The van der Waals surface area contributed by atoms with Crippen LogP contribution in [0.25, 0.3) is 0 Å². The van der Waals surface area contributed by atoms with E-state index in [1.807, 2.05) is 5.57 Å². The lowest BCUT2D eigenvalue weighted by Crippen LogP contribution is -2.50. The zero-order chi connectivity index (χ0) is 32.5. The lowest BCUT2D eigenvalue weighted by molar-refractivity contribution is -0.155. The summed E-state index contributed by atoms with van der Waals surface area (Å²) in [7, 11) is 0. The Balaban J connectivity index is 1.19. The van der Waals surface area contributed by atoms with Gasteiger partial charge in [-0.15, -0.1) is 0 Å². The summed E-state index contributed by atoms with van der Waals surface area (Å²) < 4.78 is 6.14. The molecule has 0 aromatic rings. The maximum Gasteiger partial charge on any atom is 0.306 e. The highest BCUT2D eigenvalue weighted by Crippen LogP contribution is 2.67. The third-order valence-corrected chi connectivity index (χ3v) is 14.0. The van der Waals surface area contributed by atoms with Crippen molar-refractivity contribution < 1.29 is 9.53 Å². The number of rotatable bonds is 18. The molecule has 0 saturated heterocycles. The van der Waals surface area contributed by atoms with E-state index in [4.69, 9.17) is 4.74 Å². The molecular formula is C43H74O2. The summed E-state index contributed by atoms with van der Waals surface area (Å²) in [5.41, 5.74) is 2.69. The first-order chi connectivity index (χ1) is 21.6. The number of carbonyl (C=O) groups excluding carboxylic acids is 1. The summed E-state index contributed by atoms with van der Waals surface area (Å²) in [5.74, 6) is 5.13. The maximum atomic E-state index is 12.8. The van der Waals surface area contributed by atoms with Gasteiger partial charge in [0.05, 0.1) is 0 Å². The van der Waals surface area contributed by atoms with E-state index in [0.29, 0.717) is 35.0 Å². The van der Waals surface area contributed by atoms with Crippen molar-refractivity contribution in [3.8, 4) is 0 Å². The second kappa shape index (κ2) is 17.4. The third kappa shape index (κ3) is 9.31. The molecule has 4 aliphatic carbocycles. The van der Waals surface area contributed by atoms with E-state index >= 15 is 0 Å². The monoisotopic (exact) mass is 623 g/mol. The van der Waals surface area contributed by atoms with Gasteiger partial charge in [0.25, 0.3) is 0 Å². The van der Waals surface area contributed by atoms with Crippen molar-refractivity contribution >= 4 is 5.97 Å². The molecule has 0 amide bonds. The molecule has 9 unspecified atom stereocenters. The fourth-order valence-electron chi connectivity index (χ4n) is 10.5. The predicted molar refractivity (Wildman–Crippen MR) is 193 cm³/mol. The van der Waals surface area contributed by atoms with Crippen molar-refractivity contribution in [1.29, 1.82) is 0 Å². The van der Waals surface area contributed by atoms with E-state index in [2.05, 4.69) is 66.7 Å². The van der Waals surface area contributed by atoms with E-state index in [-0.39, 0.29) is 12.1 Å². The minimum atomic E-state index is 0.0686. The molecule has 4 aliphatic rings. The molecule has 0 aliphatic heterocycles. The van der Waals surface area contributed by atoms with Gasteiger partial charge in [-0.25, -0.2) is 0 Å². The smallest absolute Gasteiger partial charge is 0.306 e. The zero-order valence-corrected chi connectivity index (χ0v) is 31.0. The van der Waals surface area contributed by atoms with Crippen molar-refractivity contribution in [2.24, 2.45) is 52.3 Å². The number of fused-ring (bicyclic) bond motifs is 5. The summed E-state index contributed by atoms with van der Waals surface area (Å²) in [6.45, 7) is 17.1. The quantitative estimate of drug-likeness (QED) is 0.0863. The molecule has 0 heterocycles. The lowest BCUT2D eigenvalue weighted by Gasteiger charge is -2.58. The molecular weight excluding hydrogens is 548 g/mol. The highest BCUT2D eigenvalue weighted by atomic mass is 16.5. The van der Waals surface area contributed by atoms with Crippen LogP contribution in [-0.4, -0.2) is 12.1 Å². The number of esters is 1. The van der Waals surface area contributed by atoms with Gasteiger partial charge in [0.15, 0.2) is 0 Å². The van der Waals surface area contributed by atoms with Crippen molar-refractivity contribution in [1.82, 2.24) is 0 Å². The molecule has 3 fully saturated rings. The van der Waals surface area contributed by atoms with Gasteiger partial charge in [0, 0.05) is 6.42 Å². The Hall–Kier alpha value is -1.05. The molecule has 0 radical (unpaired) electrons. The van der Waals surface area contributed by atoms with Gasteiger partial charge in [-0.2, -0.15) is 0 Å². The Bertz CT molecular complexity index is 961. The molecule has 0 spiro atoms. The van der Waals surface area contributed by atoms with Crippen molar-refractivity contribution in [3.05, 3.63) is 23.8 Å². The fraction of sp³-hybridized carbons (Fsp3) is 0.884. The average molecular weight is 623 g/mol. The normalized spacial score (nSPS) is 34.2. The van der Waals surface area contributed by atoms with Gasteiger partial charge in [0.1, 0.15) is 6.10 Å². The lowest BCUT2D eigenvalue weighted by atomic mass is 9.47. The molecule has 2 nitrogen and oxygen atoms in total. The van der Waals surface area contributed by atoms with Crippen LogP contribution in [0.3, 0.4) is 0 Å². The van der Waals surface area contributed by atoms with Crippen LogP contribution in [0.2, 0.25) is 0 Å². The molecule has 0 aromatic carbocycles. The number of hydrogen-bond acceptors (Lipinski definition) is 2. The van der Waals surface area contributed by atoms with Crippen molar-refractivity contribution in [3.63, 3.8) is 0 Å². The number of ether oxygens (including phenoxy) is 1. The summed E-state index contributed by atoms with van der Waals surface area (Å²) in [5, 5.41) is 0. The molecule has 3 saturated carbocycles. The van der Waals surface area contributed by atoms with E-state index in [0.717, 1.165) is 42.9 Å². The van der Waals surface area contributed by atoms with Crippen LogP contribution in [0.4, 0.5) is 0 Å². The van der Waals surface area contributed by atoms with Crippen LogP contribution in [0.15, 0.2) is 23.8 Å². The Kier molecular flexibility index (Phi) is 14.2. The topological polar surface area (TPSA) is 26.3 Å². The van der Waals surface area contributed by atoms with Crippen LogP contribution >= 0.6 is 0 Å². The number of carbonyl (C=O) groups is 1. The Morgan fingerprint density at radius 2 is 1.40 bits per heavy atom. The van der Waals surface area contributed by atoms with E-state index in [1.165, 1.54) is 109 Å². The van der Waals surface area contributed by atoms with Crippen molar-refractivity contribution in [2.75, 3.05) is 0 Å². The minimum absolute atomic E-state index is 0.0686. The second-order valence-electron chi connectivity index (χ2n) is 17.3. The second-order valence-corrected chi connectivity index (χ2v) is 17.3. The number of unbranched alkanes of at least 4 members (excludes halogenated alkanes) is 11. The van der Waals surface area contributed by atoms with Crippen molar-refractivity contribution in [2.45, 2.75) is 189 Å². The van der Waals surface area contributed by atoms with Crippen LogP contribution < -0.4 is 0 Å².